The minimum atomic E-state index is -0.979. The number of aliphatic hydroxyl groups is 2. The van der Waals surface area contributed by atoms with E-state index >= 15 is 0 Å². The fraction of sp³-hybridized carbons (Fsp3) is 0.682. The second kappa shape index (κ2) is 5.86. The molecule has 4 aliphatic rings. The molecule has 1 aromatic rings. The third-order valence-electron chi connectivity index (χ3n) is 7.27. The van der Waals surface area contributed by atoms with Crippen LogP contribution >= 0.6 is 0 Å². The van der Waals surface area contributed by atoms with E-state index in [1.807, 2.05) is 6.07 Å². The number of likely N-dealkylation sites (tertiary alicyclic amines) is 1. The average molecular weight is 403 g/mol. The highest BCUT2D eigenvalue weighted by atomic mass is 16.7. The third kappa shape index (κ3) is 2.44. The zero-order valence-electron chi connectivity index (χ0n) is 17.4. The molecule has 0 aromatic heterocycles. The lowest BCUT2D eigenvalue weighted by molar-refractivity contribution is -0.204. The van der Waals surface area contributed by atoms with Crippen LogP contribution < -0.4 is 9.47 Å². The maximum absolute atomic E-state index is 12.3. The number of carbonyl (C=O) groups excluding carboxylic acids is 1. The van der Waals surface area contributed by atoms with Gasteiger partial charge in [-0.05, 0) is 71.7 Å². The molecule has 1 saturated carbocycles. The van der Waals surface area contributed by atoms with Gasteiger partial charge in [-0.3, -0.25) is 0 Å². The molecule has 158 valence electrons. The van der Waals surface area contributed by atoms with Gasteiger partial charge in [-0.25, -0.2) is 4.79 Å². The van der Waals surface area contributed by atoms with Gasteiger partial charge in [0.2, 0.25) is 0 Å². The number of ether oxygens (including phenoxy) is 3. The number of piperidine rings is 1. The van der Waals surface area contributed by atoms with Crippen molar-refractivity contribution >= 4 is 6.16 Å². The van der Waals surface area contributed by atoms with Crippen LogP contribution in [0.5, 0.6) is 11.5 Å². The van der Waals surface area contributed by atoms with E-state index < -0.39 is 35.0 Å². The van der Waals surface area contributed by atoms with Crippen LogP contribution in [0.1, 0.15) is 51.2 Å². The molecule has 7 nitrogen and oxygen atoms in total. The molecule has 2 heterocycles. The van der Waals surface area contributed by atoms with Crippen molar-refractivity contribution in [2.75, 3.05) is 13.6 Å². The van der Waals surface area contributed by atoms with E-state index in [1.54, 1.807) is 26.8 Å². The van der Waals surface area contributed by atoms with Crippen molar-refractivity contribution in [3.05, 3.63) is 23.3 Å². The second-order valence-corrected chi connectivity index (χ2v) is 9.98. The Bertz CT molecular complexity index is 879. The summed E-state index contributed by atoms with van der Waals surface area (Å²) < 4.78 is 17.1. The van der Waals surface area contributed by atoms with Gasteiger partial charge in [0.1, 0.15) is 11.7 Å². The third-order valence-corrected chi connectivity index (χ3v) is 7.27. The molecule has 2 bridgehead atoms. The second-order valence-electron chi connectivity index (χ2n) is 9.98. The van der Waals surface area contributed by atoms with Crippen LogP contribution in [0.3, 0.4) is 0 Å². The Morgan fingerprint density at radius 2 is 2.07 bits per heavy atom. The molecule has 5 rings (SSSR count). The molecule has 2 fully saturated rings. The molecular weight excluding hydrogens is 374 g/mol. The predicted molar refractivity (Wildman–Crippen MR) is 104 cm³/mol. The zero-order valence-corrected chi connectivity index (χ0v) is 17.4. The monoisotopic (exact) mass is 403 g/mol. The highest BCUT2D eigenvalue weighted by Crippen LogP contribution is 2.65. The smallest absolute Gasteiger partial charge is 0.482 e. The summed E-state index contributed by atoms with van der Waals surface area (Å²) in [6.45, 7) is 6.15. The first-order valence-corrected chi connectivity index (χ1v) is 10.4. The molecular formula is C22H29NO6. The lowest BCUT2D eigenvalue weighted by Crippen LogP contribution is -2.76. The van der Waals surface area contributed by atoms with Crippen LogP contribution in [-0.4, -0.2) is 64.3 Å². The standard InChI is InChI=1S/C22H29NO6/c1-20(2,3)29-19(25)27-14-6-5-12-11-15-22(26)8-7-13(24)18-21(22,9-10-23(15)4)16(12)17(14)28-18/h5-6,13,15,18,24,26H,7-11H2,1-4H3/t13?,15-,18+,21+,22-/m1/s1. The molecule has 0 amide bonds. The van der Waals surface area contributed by atoms with Gasteiger partial charge >= 0.3 is 6.16 Å². The lowest BCUT2D eigenvalue weighted by atomic mass is 9.49. The Morgan fingerprint density at radius 3 is 2.79 bits per heavy atom. The average Bonchev–Trinajstić information content (AvgIpc) is 2.97. The molecule has 1 aromatic carbocycles. The number of likely N-dealkylation sites (N-methyl/N-ethyl adjacent to an activating group) is 1. The highest BCUT2D eigenvalue weighted by molar-refractivity contribution is 5.69. The van der Waals surface area contributed by atoms with Crippen molar-refractivity contribution < 1.29 is 29.2 Å². The molecule has 2 N–H and O–H groups in total. The van der Waals surface area contributed by atoms with Crippen LogP contribution in [-0.2, 0) is 16.6 Å². The van der Waals surface area contributed by atoms with Crippen LogP contribution in [0.25, 0.3) is 0 Å². The van der Waals surface area contributed by atoms with E-state index in [4.69, 9.17) is 14.2 Å². The van der Waals surface area contributed by atoms with Crippen molar-refractivity contribution in [3.63, 3.8) is 0 Å². The number of hydrogen-bond acceptors (Lipinski definition) is 7. The maximum atomic E-state index is 12.3. The van der Waals surface area contributed by atoms with Crippen molar-refractivity contribution in [1.82, 2.24) is 4.90 Å². The van der Waals surface area contributed by atoms with Gasteiger partial charge in [0.05, 0.1) is 17.1 Å². The topological polar surface area (TPSA) is 88.5 Å². The molecule has 0 radical (unpaired) electrons. The van der Waals surface area contributed by atoms with Gasteiger partial charge < -0.3 is 29.3 Å². The van der Waals surface area contributed by atoms with Gasteiger partial charge in [0, 0.05) is 11.6 Å². The molecule has 2 aliphatic carbocycles. The number of hydrogen-bond donors (Lipinski definition) is 2. The Morgan fingerprint density at radius 1 is 1.31 bits per heavy atom. The van der Waals surface area contributed by atoms with Crippen molar-refractivity contribution in [2.24, 2.45) is 0 Å². The van der Waals surface area contributed by atoms with Crippen LogP contribution in [0.4, 0.5) is 4.79 Å². The summed E-state index contributed by atoms with van der Waals surface area (Å²) in [6.07, 6.45) is 0.390. The Balaban J connectivity index is 1.63. The summed E-state index contributed by atoms with van der Waals surface area (Å²) in [6, 6.07) is 3.67. The number of rotatable bonds is 1. The van der Waals surface area contributed by atoms with E-state index in [0.717, 1.165) is 17.7 Å². The summed E-state index contributed by atoms with van der Waals surface area (Å²) in [5.74, 6) is 0.759. The summed E-state index contributed by atoms with van der Waals surface area (Å²) in [7, 11) is 2.05. The minimum absolute atomic E-state index is 0.0223. The molecule has 1 saturated heterocycles. The number of nitrogens with zero attached hydrogens (tertiary/aromatic N) is 1. The van der Waals surface area contributed by atoms with Crippen molar-refractivity contribution in [3.8, 4) is 11.5 Å². The van der Waals surface area contributed by atoms with Gasteiger partial charge in [-0.2, -0.15) is 0 Å². The Kier molecular flexibility index (Phi) is 3.87. The normalized spacial score (nSPS) is 37.5. The van der Waals surface area contributed by atoms with Crippen molar-refractivity contribution in [2.45, 2.75) is 81.3 Å². The fourth-order valence-corrected chi connectivity index (χ4v) is 6.16. The Hall–Kier alpha value is -1.83. The summed E-state index contributed by atoms with van der Waals surface area (Å²) >= 11 is 0. The van der Waals surface area contributed by atoms with Crippen LogP contribution in [0.2, 0.25) is 0 Å². The number of benzene rings is 1. The molecule has 1 unspecified atom stereocenters. The van der Waals surface area contributed by atoms with Crippen LogP contribution in [0, 0.1) is 0 Å². The van der Waals surface area contributed by atoms with Gasteiger partial charge in [-0.1, -0.05) is 6.07 Å². The van der Waals surface area contributed by atoms with Gasteiger partial charge in [-0.15, -0.1) is 0 Å². The molecule has 2 aliphatic heterocycles. The quantitative estimate of drug-likeness (QED) is 0.549. The molecule has 7 heteroatoms. The number of aliphatic hydroxyl groups excluding tert-OH is 1. The largest absolute Gasteiger partial charge is 0.514 e. The molecule has 29 heavy (non-hydrogen) atoms. The first kappa shape index (κ1) is 19.2. The maximum Gasteiger partial charge on any atom is 0.514 e. The highest BCUT2D eigenvalue weighted by Gasteiger charge is 2.72. The summed E-state index contributed by atoms with van der Waals surface area (Å²) in [4.78, 5) is 14.5. The first-order chi connectivity index (χ1) is 13.6. The van der Waals surface area contributed by atoms with Crippen LogP contribution in [0.15, 0.2) is 12.1 Å². The van der Waals surface area contributed by atoms with E-state index in [2.05, 4.69) is 11.9 Å². The predicted octanol–water partition coefficient (Wildman–Crippen LogP) is 2.15. The zero-order chi connectivity index (χ0) is 20.8. The fourth-order valence-electron chi connectivity index (χ4n) is 6.16. The van der Waals surface area contributed by atoms with E-state index in [0.29, 0.717) is 31.4 Å². The van der Waals surface area contributed by atoms with Gasteiger partial charge in [0.15, 0.2) is 11.5 Å². The molecule has 5 atom stereocenters. The van der Waals surface area contributed by atoms with Gasteiger partial charge in [0.25, 0.3) is 0 Å². The Labute approximate surface area is 170 Å². The first-order valence-electron chi connectivity index (χ1n) is 10.4. The number of carbonyl (C=O) groups is 1. The van der Waals surface area contributed by atoms with Crippen molar-refractivity contribution in [1.29, 1.82) is 0 Å². The van der Waals surface area contributed by atoms with E-state index in [-0.39, 0.29) is 11.8 Å². The van der Waals surface area contributed by atoms with E-state index in [1.165, 1.54) is 0 Å². The lowest BCUT2D eigenvalue weighted by Gasteiger charge is -2.63. The summed E-state index contributed by atoms with van der Waals surface area (Å²) in [5, 5.41) is 22.8. The SMILES string of the molecule is CN1CC[C@]23c4c5ccc(OC(=O)OC(C)(C)C)c4O[C@H]2C(O)CC[C@@]3(O)[C@H]1C5. The molecule has 1 spiro atoms. The van der Waals surface area contributed by atoms with E-state index in [9.17, 15) is 15.0 Å². The minimum Gasteiger partial charge on any atom is -0.482 e. The summed E-state index contributed by atoms with van der Waals surface area (Å²) in [5.41, 5.74) is -0.329.